The van der Waals surface area contributed by atoms with Gasteiger partial charge in [-0.2, -0.15) is 0 Å². The first-order valence-corrected chi connectivity index (χ1v) is 8.31. The maximum atomic E-state index is 12.8. The Kier molecular flexibility index (Phi) is 3.91. The van der Waals surface area contributed by atoms with Crippen molar-refractivity contribution in [3.8, 4) is 5.69 Å². The lowest BCUT2D eigenvalue weighted by Gasteiger charge is -2.33. The van der Waals surface area contributed by atoms with Crippen LogP contribution in [0.25, 0.3) is 5.69 Å². The molecule has 122 valence electrons. The predicted molar refractivity (Wildman–Crippen MR) is 92.2 cm³/mol. The number of hydrogen-bond acceptors (Lipinski definition) is 2. The molecule has 0 aliphatic carbocycles. The van der Waals surface area contributed by atoms with Crippen LogP contribution in [0.2, 0.25) is 0 Å². The van der Waals surface area contributed by atoms with Crippen molar-refractivity contribution in [2.75, 3.05) is 13.1 Å². The van der Waals surface area contributed by atoms with Crippen molar-refractivity contribution in [1.29, 1.82) is 0 Å². The first-order valence-electron chi connectivity index (χ1n) is 8.31. The summed E-state index contributed by atoms with van der Waals surface area (Å²) in [5.41, 5.74) is 1.81. The second-order valence-corrected chi connectivity index (χ2v) is 6.19. The Bertz CT molecular complexity index is 791. The van der Waals surface area contributed by atoms with E-state index in [0.29, 0.717) is 6.04 Å². The third-order valence-electron chi connectivity index (χ3n) is 4.65. The van der Waals surface area contributed by atoms with Gasteiger partial charge in [0.25, 0.3) is 5.91 Å². The molecule has 0 saturated carbocycles. The molecule has 4 rings (SSSR count). The van der Waals surface area contributed by atoms with Crippen molar-refractivity contribution >= 4 is 5.91 Å². The fraction of sp³-hybridized carbons (Fsp3) is 0.263. The molecule has 1 atom stereocenters. The minimum atomic E-state index is 0.110. The van der Waals surface area contributed by atoms with Crippen LogP contribution in [0.1, 0.15) is 29.2 Å². The summed E-state index contributed by atoms with van der Waals surface area (Å²) in [5.74, 6) is 0.110. The van der Waals surface area contributed by atoms with E-state index in [-0.39, 0.29) is 5.91 Å². The highest BCUT2D eigenvalue weighted by Crippen LogP contribution is 2.23. The molecule has 1 aromatic carbocycles. The lowest BCUT2D eigenvalue weighted by atomic mass is 10.0. The summed E-state index contributed by atoms with van der Waals surface area (Å²) in [4.78, 5) is 18.9. The molecule has 1 saturated heterocycles. The number of nitrogens with zero attached hydrogens (tertiary/aromatic N) is 4. The van der Waals surface area contributed by atoms with Crippen LogP contribution in [-0.2, 0) is 0 Å². The van der Waals surface area contributed by atoms with E-state index in [1.54, 1.807) is 6.20 Å². The van der Waals surface area contributed by atoms with Gasteiger partial charge in [-0.1, -0.05) is 0 Å². The van der Waals surface area contributed by atoms with Gasteiger partial charge in [-0.05, 0) is 49.2 Å². The molecule has 1 amide bonds. The monoisotopic (exact) mass is 320 g/mol. The number of likely N-dealkylation sites (tertiary alicyclic amines) is 1. The Morgan fingerprint density at radius 3 is 2.58 bits per heavy atom. The zero-order chi connectivity index (χ0) is 16.4. The lowest BCUT2D eigenvalue weighted by Crippen LogP contribution is -2.40. The minimum Gasteiger partial charge on any atom is -0.337 e. The van der Waals surface area contributed by atoms with Gasteiger partial charge in [0, 0.05) is 49.1 Å². The largest absolute Gasteiger partial charge is 0.337 e. The van der Waals surface area contributed by atoms with Gasteiger partial charge in [0.05, 0.1) is 12.4 Å². The average Bonchev–Trinajstić information content (AvgIpc) is 3.35. The van der Waals surface area contributed by atoms with Gasteiger partial charge >= 0.3 is 0 Å². The summed E-state index contributed by atoms with van der Waals surface area (Å²) in [5, 5.41) is 0. The van der Waals surface area contributed by atoms with Crippen LogP contribution >= 0.6 is 0 Å². The quantitative estimate of drug-likeness (QED) is 0.744. The molecule has 1 fully saturated rings. The lowest BCUT2D eigenvalue weighted by molar-refractivity contribution is 0.0679. The number of benzene rings is 1. The first kappa shape index (κ1) is 14.8. The summed E-state index contributed by atoms with van der Waals surface area (Å²) in [6.45, 7) is 1.57. The van der Waals surface area contributed by atoms with E-state index in [0.717, 1.165) is 37.2 Å². The summed E-state index contributed by atoms with van der Waals surface area (Å²) in [6, 6.07) is 12.1. The number of piperidine rings is 1. The van der Waals surface area contributed by atoms with Gasteiger partial charge in [-0.15, -0.1) is 0 Å². The summed E-state index contributed by atoms with van der Waals surface area (Å²) in [7, 11) is 0. The highest BCUT2D eigenvalue weighted by molar-refractivity contribution is 5.94. The molecule has 24 heavy (non-hydrogen) atoms. The maximum absolute atomic E-state index is 12.8. The van der Waals surface area contributed by atoms with E-state index >= 15 is 0 Å². The van der Waals surface area contributed by atoms with Crippen LogP contribution in [-0.4, -0.2) is 38.0 Å². The number of rotatable bonds is 3. The Balaban J connectivity index is 1.49. The Morgan fingerprint density at radius 1 is 1.08 bits per heavy atom. The Hall–Kier alpha value is -2.82. The van der Waals surface area contributed by atoms with Gasteiger partial charge in [0.15, 0.2) is 0 Å². The van der Waals surface area contributed by atoms with E-state index in [1.807, 2.05) is 70.8 Å². The molecule has 0 spiro atoms. The van der Waals surface area contributed by atoms with Gasteiger partial charge in [-0.25, -0.2) is 4.98 Å². The molecule has 0 radical (unpaired) electrons. The van der Waals surface area contributed by atoms with E-state index < -0.39 is 0 Å². The summed E-state index contributed by atoms with van der Waals surface area (Å²) in [6.07, 6.45) is 11.7. The zero-order valence-electron chi connectivity index (χ0n) is 13.5. The second kappa shape index (κ2) is 6.35. The van der Waals surface area contributed by atoms with Crippen molar-refractivity contribution in [3.05, 3.63) is 73.1 Å². The van der Waals surface area contributed by atoms with Gasteiger partial charge < -0.3 is 14.0 Å². The van der Waals surface area contributed by atoms with Crippen LogP contribution in [0, 0.1) is 0 Å². The number of amides is 1. The van der Waals surface area contributed by atoms with E-state index in [4.69, 9.17) is 0 Å². The molecule has 1 aliphatic rings. The predicted octanol–water partition coefficient (Wildman–Crippen LogP) is 3.15. The Labute approximate surface area is 141 Å². The van der Waals surface area contributed by atoms with Crippen LogP contribution in [0.15, 0.2) is 67.5 Å². The van der Waals surface area contributed by atoms with E-state index in [1.165, 1.54) is 0 Å². The molecular weight excluding hydrogens is 300 g/mol. The molecule has 0 bridgehead atoms. The van der Waals surface area contributed by atoms with Gasteiger partial charge in [-0.3, -0.25) is 4.79 Å². The van der Waals surface area contributed by atoms with E-state index in [9.17, 15) is 4.79 Å². The molecule has 1 aliphatic heterocycles. The van der Waals surface area contributed by atoms with Crippen LogP contribution < -0.4 is 0 Å². The molecule has 0 unspecified atom stereocenters. The fourth-order valence-corrected chi connectivity index (χ4v) is 3.33. The Morgan fingerprint density at radius 2 is 1.88 bits per heavy atom. The number of carbonyl (C=O) groups excluding carboxylic acids is 1. The van der Waals surface area contributed by atoms with Gasteiger partial charge in [0.2, 0.25) is 0 Å². The molecule has 2 aromatic heterocycles. The normalized spacial score (nSPS) is 17.8. The van der Waals surface area contributed by atoms with Crippen molar-refractivity contribution in [1.82, 2.24) is 19.0 Å². The molecular formula is C19H20N4O. The highest BCUT2D eigenvalue weighted by atomic mass is 16.2. The van der Waals surface area contributed by atoms with Crippen LogP contribution in [0.5, 0.6) is 0 Å². The van der Waals surface area contributed by atoms with E-state index in [2.05, 4.69) is 9.55 Å². The minimum absolute atomic E-state index is 0.110. The number of aromatic nitrogens is 3. The molecule has 3 heterocycles. The van der Waals surface area contributed by atoms with Crippen molar-refractivity contribution in [2.24, 2.45) is 0 Å². The molecule has 3 aromatic rings. The topological polar surface area (TPSA) is 43.1 Å². The average molecular weight is 320 g/mol. The second-order valence-electron chi connectivity index (χ2n) is 6.19. The number of hydrogen-bond donors (Lipinski definition) is 0. The standard InChI is InChI=1S/C19H20N4O/c24-19(16-5-7-17(8-6-16)21-10-1-2-11-21)22-12-3-4-18(14-22)23-13-9-20-15-23/h1-2,5-11,13,15,18H,3-4,12,14H2/t18-/m0/s1. The van der Waals surface area contributed by atoms with Crippen LogP contribution in [0.4, 0.5) is 0 Å². The van der Waals surface area contributed by atoms with Crippen molar-refractivity contribution in [3.63, 3.8) is 0 Å². The third kappa shape index (κ3) is 2.85. The van der Waals surface area contributed by atoms with Gasteiger partial charge in [0.1, 0.15) is 0 Å². The first-order chi connectivity index (χ1) is 11.8. The zero-order valence-corrected chi connectivity index (χ0v) is 13.5. The molecule has 5 heteroatoms. The van der Waals surface area contributed by atoms with Crippen molar-refractivity contribution < 1.29 is 4.79 Å². The van der Waals surface area contributed by atoms with Crippen LogP contribution in [0.3, 0.4) is 0 Å². The third-order valence-corrected chi connectivity index (χ3v) is 4.65. The highest BCUT2D eigenvalue weighted by Gasteiger charge is 2.25. The SMILES string of the molecule is O=C(c1ccc(-n2cccc2)cc1)N1CCC[C@H](n2ccnc2)C1. The fourth-order valence-electron chi connectivity index (χ4n) is 3.33. The van der Waals surface area contributed by atoms with Crippen molar-refractivity contribution in [2.45, 2.75) is 18.9 Å². The smallest absolute Gasteiger partial charge is 0.253 e. The maximum Gasteiger partial charge on any atom is 0.253 e. The summed E-state index contributed by atoms with van der Waals surface area (Å²) >= 11 is 0. The molecule has 0 N–H and O–H groups in total. The number of carbonyl (C=O) groups is 1. The number of imidazole rings is 1. The molecule has 5 nitrogen and oxygen atoms in total. The summed E-state index contributed by atoms with van der Waals surface area (Å²) < 4.78 is 4.14.